The first kappa shape index (κ1) is 27.6. The molecule has 1 aromatic heterocycles. The average molecular weight is 539 g/mol. The van der Waals surface area contributed by atoms with Gasteiger partial charge in [-0.25, -0.2) is 4.98 Å². The van der Waals surface area contributed by atoms with E-state index in [0.29, 0.717) is 29.2 Å². The second-order valence-electron chi connectivity index (χ2n) is 9.43. The summed E-state index contributed by atoms with van der Waals surface area (Å²) in [5.74, 6) is -1.02. The number of anilines is 3. The Morgan fingerprint density at radius 2 is 1.67 bits per heavy atom. The summed E-state index contributed by atoms with van der Waals surface area (Å²) in [4.78, 5) is 36.0. The van der Waals surface area contributed by atoms with Gasteiger partial charge >= 0.3 is 6.18 Å². The number of H-pyrrole nitrogens is 1. The third kappa shape index (κ3) is 6.37. The quantitative estimate of drug-likeness (QED) is 0.231. The molecule has 0 saturated heterocycles. The molecule has 0 atom stereocenters. The Labute approximate surface area is 223 Å². The second-order valence-corrected chi connectivity index (χ2v) is 9.43. The molecule has 4 N–H and O–H groups in total. The van der Waals surface area contributed by atoms with Gasteiger partial charge in [0.2, 0.25) is 5.95 Å². The number of aromatic nitrogens is 2. The highest BCUT2D eigenvalue weighted by Gasteiger charge is 2.35. The van der Waals surface area contributed by atoms with E-state index in [1.54, 1.807) is 6.07 Å². The minimum Gasteiger partial charge on any atom is -0.355 e. The largest absolute Gasteiger partial charge is 0.417 e. The molecule has 0 fully saturated rings. The van der Waals surface area contributed by atoms with Gasteiger partial charge in [0.15, 0.2) is 0 Å². The number of rotatable bonds is 8. The van der Waals surface area contributed by atoms with E-state index in [2.05, 4.69) is 25.9 Å². The molecule has 0 aliphatic carbocycles. The minimum atomic E-state index is -4.70. The Hall–Kier alpha value is -4.38. The molecule has 0 bridgehead atoms. The van der Waals surface area contributed by atoms with E-state index in [9.17, 15) is 22.8 Å². The van der Waals surface area contributed by atoms with E-state index in [0.717, 1.165) is 29.8 Å². The number of carbonyl (C=O) groups excluding carboxylic acids is 2. The highest BCUT2D eigenvalue weighted by molar-refractivity contribution is 6.14. The number of carbonyl (C=O) groups is 2. The number of imidazole rings is 1. The maximum absolute atomic E-state index is 13.5. The van der Waals surface area contributed by atoms with Crippen LogP contribution in [0.4, 0.5) is 30.5 Å². The van der Waals surface area contributed by atoms with Crippen LogP contribution in [0.15, 0.2) is 54.6 Å². The highest BCUT2D eigenvalue weighted by Crippen LogP contribution is 2.33. The van der Waals surface area contributed by atoms with Gasteiger partial charge in [0.1, 0.15) is 5.52 Å². The van der Waals surface area contributed by atoms with Crippen molar-refractivity contribution in [2.24, 2.45) is 0 Å². The minimum absolute atomic E-state index is 0.138. The van der Waals surface area contributed by atoms with E-state index in [1.807, 2.05) is 45.0 Å². The van der Waals surface area contributed by atoms with Crippen molar-refractivity contribution in [3.63, 3.8) is 0 Å². The molecule has 0 aliphatic heterocycles. The van der Waals surface area contributed by atoms with Gasteiger partial charge in [0.05, 0.1) is 22.2 Å². The highest BCUT2D eigenvalue weighted by atomic mass is 19.4. The Bertz CT molecular complexity index is 1530. The van der Waals surface area contributed by atoms with E-state index < -0.39 is 29.1 Å². The number of benzene rings is 3. The van der Waals surface area contributed by atoms with Crippen molar-refractivity contribution in [3.8, 4) is 0 Å². The molecule has 4 rings (SSSR count). The van der Waals surface area contributed by atoms with Crippen LogP contribution in [0.5, 0.6) is 0 Å². The summed E-state index contributed by atoms with van der Waals surface area (Å²) >= 11 is 0. The first-order chi connectivity index (χ1) is 18.4. The SMILES string of the molecule is Cc1cccc(NC(=O)c2cc(NC(=O)c3ccccc3C(F)(F)F)cc3[nH]c(NCCN(C)C)nc23)c1C. The Balaban J connectivity index is 1.72. The molecule has 0 spiro atoms. The van der Waals surface area contributed by atoms with Crippen LogP contribution in [0.25, 0.3) is 11.0 Å². The zero-order valence-corrected chi connectivity index (χ0v) is 22.0. The number of aryl methyl sites for hydroxylation is 1. The fourth-order valence-corrected chi connectivity index (χ4v) is 4.05. The summed E-state index contributed by atoms with van der Waals surface area (Å²) in [6, 6.07) is 13.0. The van der Waals surface area contributed by atoms with E-state index >= 15 is 0 Å². The van der Waals surface area contributed by atoms with Crippen LogP contribution in [0.3, 0.4) is 0 Å². The number of nitrogens with zero attached hydrogens (tertiary/aromatic N) is 2. The van der Waals surface area contributed by atoms with Gasteiger partial charge < -0.3 is 25.8 Å². The van der Waals surface area contributed by atoms with Crippen LogP contribution in [0.2, 0.25) is 0 Å². The lowest BCUT2D eigenvalue weighted by molar-refractivity contribution is -0.137. The first-order valence-electron chi connectivity index (χ1n) is 12.2. The summed E-state index contributed by atoms with van der Waals surface area (Å²) in [5, 5.41) is 8.56. The van der Waals surface area contributed by atoms with Gasteiger partial charge in [-0.15, -0.1) is 0 Å². The summed E-state index contributed by atoms with van der Waals surface area (Å²) in [7, 11) is 3.86. The summed E-state index contributed by atoms with van der Waals surface area (Å²) < 4.78 is 40.5. The monoisotopic (exact) mass is 538 g/mol. The number of fused-ring (bicyclic) bond motifs is 1. The van der Waals surface area contributed by atoms with Gasteiger partial charge in [-0.3, -0.25) is 9.59 Å². The number of aromatic amines is 1. The molecular formula is C28H29F3N6O2. The lowest BCUT2D eigenvalue weighted by atomic mass is 10.1. The molecule has 0 saturated carbocycles. The molecule has 4 aromatic rings. The Kier molecular flexibility index (Phi) is 7.91. The lowest BCUT2D eigenvalue weighted by Gasteiger charge is -2.14. The Morgan fingerprint density at radius 3 is 2.38 bits per heavy atom. The van der Waals surface area contributed by atoms with Crippen LogP contribution in [0, 0.1) is 13.8 Å². The molecule has 39 heavy (non-hydrogen) atoms. The van der Waals surface area contributed by atoms with Gasteiger partial charge in [0, 0.05) is 24.5 Å². The van der Waals surface area contributed by atoms with Crippen LogP contribution >= 0.6 is 0 Å². The number of amides is 2. The third-order valence-corrected chi connectivity index (χ3v) is 6.27. The predicted molar refractivity (Wildman–Crippen MR) is 146 cm³/mol. The molecule has 8 nitrogen and oxygen atoms in total. The predicted octanol–water partition coefficient (Wildman–Crippen LogP) is 5.68. The van der Waals surface area contributed by atoms with Crippen molar-refractivity contribution in [3.05, 3.63) is 82.4 Å². The summed E-state index contributed by atoms with van der Waals surface area (Å²) in [5.41, 5.74) is 1.98. The fraction of sp³-hybridized carbons (Fsp3) is 0.250. The fourth-order valence-electron chi connectivity index (χ4n) is 4.05. The van der Waals surface area contributed by atoms with Crippen LogP contribution in [-0.4, -0.2) is 53.9 Å². The number of hydrogen-bond donors (Lipinski definition) is 4. The van der Waals surface area contributed by atoms with Gasteiger partial charge in [-0.05, 0) is 69.4 Å². The normalized spacial score (nSPS) is 11.6. The van der Waals surface area contributed by atoms with Crippen LogP contribution < -0.4 is 16.0 Å². The molecule has 11 heteroatoms. The lowest BCUT2D eigenvalue weighted by Crippen LogP contribution is -2.21. The van der Waals surface area contributed by atoms with Gasteiger partial charge in [-0.1, -0.05) is 24.3 Å². The van der Waals surface area contributed by atoms with E-state index in [-0.39, 0.29) is 11.3 Å². The summed E-state index contributed by atoms with van der Waals surface area (Å²) in [6.07, 6.45) is -4.70. The Morgan fingerprint density at radius 1 is 0.949 bits per heavy atom. The molecule has 0 unspecified atom stereocenters. The van der Waals surface area contributed by atoms with E-state index in [4.69, 9.17) is 0 Å². The molecule has 1 heterocycles. The average Bonchev–Trinajstić information content (AvgIpc) is 3.28. The third-order valence-electron chi connectivity index (χ3n) is 6.27. The van der Waals surface area contributed by atoms with Crippen LogP contribution in [-0.2, 0) is 6.18 Å². The number of likely N-dealkylation sites (N-methyl/N-ethyl adjacent to an activating group) is 1. The number of nitrogens with one attached hydrogen (secondary N) is 4. The van der Waals surface area contributed by atoms with Crippen molar-refractivity contribution in [1.82, 2.24) is 14.9 Å². The zero-order chi connectivity index (χ0) is 28.3. The van der Waals surface area contributed by atoms with E-state index in [1.165, 1.54) is 24.3 Å². The number of hydrogen-bond acceptors (Lipinski definition) is 5. The second kappa shape index (κ2) is 11.2. The standard InChI is InChI=1S/C28H29F3N6O2/c1-16-8-7-11-22(17(16)2)34-26(39)20-14-18(15-23-24(20)36-27(35-23)32-12-13-37(3)4)33-25(38)19-9-5-6-10-21(19)28(29,30)31/h5-11,14-15H,12-13H2,1-4H3,(H,33,38)(H,34,39)(H2,32,35,36). The van der Waals surface area contributed by atoms with Crippen molar-refractivity contribution in [1.29, 1.82) is 0 Å². The summed E-state index contributed by atoms with van der Waals surface area (Å²) in [6.45, 7) is 5.12. The molecule has 3 aromatic carbocycles. The van der Waals surface area contributed by atoms with Gasteiger partial charge in [-0.2, -0.15) is 13.2 Å². The number of halogens is 3. The number of alkyl halides is 3. The maximum Gasteiger partial charge on any atom is 0.417 e. The first-order valence-corrected chi connectivity index (χ1v) is 12.2. The van der Waals surface area contributed by atoms with Crippen molar-refractivity contribution >= 4 is 40.2 Å². The smallest absolute Gasteiger partial charge is 0.355 e. The maximum atomic E-state index is 13.5. The molecule has 2 amide bonds. The topological polar surface area (TPSA) is 102 Å². The van der Waals surface area contributed by atoms with Gasteiger partial charge in [0.25, 0.3) is 11.8 Å². The molecular weight excluding hydrogens is 509 g/mol. The molecule has 0 aliphatic rings. The molecule has 204 valence electrons. The zero-order valence-electron chi connectivity index (χ0n) is 22.0. The van der Waals surface area contributed by atoms with Crippen molar-refractivity contribution in [2.45, 2.75) is 20.0 Å². The molecule has 0 radical (unpaired) electrons. The van der Waals surface area contributed by atoms with Crippen LogP contribution in [0.1, 0.15) is 37.4 Å². The van der Waals surface area contributed by atoms with Crippen molar-refractivity contribution in [2.75, 3.05) is 43.1 Å². The van der Waals surface area contributed by atoms with Crippen molar-refractivity contribution < 1.29 is 22.8 Å².